The molecule has 1 aromatic heterocycles. The summed E-state index contributed by atoms with van der Waals surface area (Å²) in [6.07, 6.45) is 0. The summed E-state index contributed by atoms with van der Waals surface area (Å²) in [5.74, 6) is 1.45. The van der Waals surface area contributed by atoms with Crippen molar-refractivity contribution in [3.8, 4) is 0 Å². The predicted octanol–water partition coefficient (Wildman–Crippen LogP) is 4.07. The number of guanidine groups is 1. The maximum atomic E-state index is 12.1. The fourth-order valence-electron chi connectivity index (χ4n) is 1.76. The van der Waals surface area contributed by atoms with Crippen LogP contribution in [-0.4, -0.2) is 45.7 Å². The van der Waals surface area contributed by atoms with Crippen molar-refractivity contribution in [1.29, 1.82) is 0 Å². The van der Waals surface area contributed by atoms with Crippen LogP contribution in [0.25, 0.3) is 0 Å². The van der Waals surface area contributed by atoms with E-state index in [1.165, 1.54) is 4.88 Å². The van der Waals surface area contributed by atoms with Gasteiger partial charge in [0.25, 0.3) is 0 Å². The molecule has 1 unspecified atom stereocenters. The van der Waals surface area contributed by atoms with Crippen LogP contribution in [0.1, 0.15) is 32.6 Å². The summed E-state index contributed by atoms with van der Waals surface area (Å²) in [7, 11) is 1.16. The van der Waals surface area contributed by atoms with E-state index in [-0.39, 0.29) is 28.7 Å². The normalized spacial score (nSPS) is 13.4. The number of thiophene rings is 1. The summed E-state index contributed by atoms with van der Waals surface area (Å²) in [4.78, 5) is 7.98. The maximum absolute atomic E-state index is 12.1. The first-order chi connectivity index (χ1) is 10.2. The third-order valence-electron chi connectivity index (χ3n) is 2.94. The van der Waals surface area contributed by atoms with Crippen LogP contribution in [0.5, 0.6) is 0 Å². The van der Waals surface area contributed by atoms with E-state index in [2.05, 4.69) is 50.2 Å². The molecule has 0 saturated carbocycles. The van der Waals surface area contributed by atoms with Gasteiger partial charge in [-0.1, -0.05) is 0 Å². The lowest BCUT2D eigenvalue weighted by Crippen LogP contribution is -2.38. The molecule has 0 aliphatic carbocycles. The first kappa shape index (κ1) is 23.3. The van der Waals surface area contributed by atoms with E-state index in [0.29, 0.717) is 12.3 Å². The second-order valence-electron chi connectivity index (χ2n) is 5.96. The lowest BCUT2D eigenvalue weighted by molar-refractivity contribution is 0.482. The van der Waals surface area contributed by atoms with Crippen molar-refractivity contribution in [3.63, 3.8) is 0 Å². The molecule has 1 heterocycles. The van der Waals surface area contributed by atoms with Gasteiger partial charge < -0.3 is 10.2 Å². The van der Waals surface area contributed by atoms with Crippen LogP contribution in [0.15, 0.2) is 20.9 Å². The summed E-state index contributed by atoms with van der Waals surface area (Å²) >= 11 is 5.21. The van der Waals surface area contributed by atoms with E-state index in [4.69, 9.17) is 0 Å². The molecule has 0 amide bonds. The van der Waals surface area contributed by atoms with E-state index < -0.39 is 10.8 Å². The van der Waals surface area contributed by atoms with Crippen molar-refractivity contribution < 1.29 is 4.21 Å². The second-order valence-corrected chi connectivity index (χ2v) is 10.8. The van der Waals surface area contributed by atoms with Gasteiger partial charge in [-0.25, -0.2) is 0 Å². The first-order valence-electron chi connectivity index (χ1n) is 7.36. The molecule has 0 aliphatic heterocycles. The van der Waals surface area contributed by atoms with Gasteiger partial charge in [-0.05, 0) is 55.8 Å². The summed E-state index contributed by atoms with van der Waals surface area (Å²) in [6, 6.07) is 4.17. The fraction of sp³-hybridized carbons (Fsp3) is 0.667. The Hall–Kier alpha value is 0.330. The fourth-order valence-corrected chi connectivity index (χ4v) is 4.16. The number of nitrogens with zero attached hydrogens (tertiary/aromatic N) is 2. The van der Waals surface area contributed by atoms with Gasteiger partial charge in [-0.15, -0.1) is 35.3 Å². The van der Waals surface area contributed by atoms with Gasteiger partial charge in [0.1, 0.15) is 0 Å². The number of hydrogen-bond acceptors (Lipinski definition) is 3. The zero-order valence-electron chi connectivity index (χ0n) is 14.4. The molecule has 1 rings (SSSR count). The van der Waals surface area contributed by atoms with Crippen molar-refractivity contribution >= 4 is 68.0 Å². The Kier molecular flexibility index (Phi) is 11.2. The van der Waals surface area contributed by atoms with Crippen molar-refractivity contribution in [1.82, 2.24) is 10.2 Å². The van der Waals surface area contributed by atoms with Crippen molar-refractivity contribution in [3.05, 3.63) is 20.8 Å². The Morgan fingerprint density at radius 2 is 2.09 bits per heavy atom. The zero-order valence-corrected chi connectivity index (χ0v) is 19.9. The Morgan fingerprint density at radius 3 is 2.57 bits per heavy atom. The summed E-state index contributed by atoms with van der Waals surface area (Å²) in [6.45, 7) is 10.3. The molecular formula is C15H27BrIN3OS2. The van der Waals surface area contributed by atoms with Gasteiger partial charge in [0, 0.05) is 39.8 Å². The second kappa shape index (κ2) is 11.0. The highest BCUT2D eigenvalue weighted by Crippen LogP contribution is 2.23. The highest BCUT2D eigenvalue weighted by atomic mass is 127. The smallest absolute Gasteiger partial charge is 0.194 e. The average molecular weight is 536 g/mol. The molecule has 0 saturated heterocycles. The maximum Gasteiger partial charge on any atom is 0.194 e. The summed E-state index contributed by atoms with van der Waals surface area (Å²) < 4.78 is 13.0. The van der Waals surface area contributed by atoms with Gasteiger partial charge in [-0.2, -0.15) is 0 Å². The number of hydrogen-bond donors (Lipinski definition) is 1. The topological polar surface area (TPSA) is 44.7 Å². The number of nitrogens with one attached hydrogen (secondary N) is 1. The molecule has 1 N–H and O–H groups in total. The zero-order chi connectivity index (χ0) is 16.8. The summed E-state index contributed by atoms with van der Waals surface area (Å²) in [5.41, 5.74) is 0. The molecular weight excluding hydrogens is 509 g/mol. The molecule has 4 nitrogen and oxygen atoms in total. The predicted molar refractivity (Wildman–Crippen MR) is 118 cm³/mol. The third kappa shape index (κ3) is 8.83. The number of halogens is 2. The molecule has 0 bridgehead atoms. The van der Waals surface area contributed by atoms with Gasteiger partial charge in [-0.3, -0.25) is 9.20 Å². The molecule has 0 radical (unpaired) electrons. The molecule has 23 heavy (non-hydrogen) atoms. The average Bonchev–Trinajstić information content (AvgIpc) is 2.81. The van der Waals surface area contributed by atoms with Gasteiger partial charge in [0.2, 0.25) is 0 Å². The Morgan fingerprint density at radius 1 is 1.43 bits per heavy atom. The summed E-state index contributed by atoms with van der Waals surface area (Å²) in [5, 5.41) is 3.29. The molecule has 8 heteroatoms. The lowest BCUT2D eigenvalue weighted by atomic mass is 10.3. The van der Waals surface area contributed by atoms with Crippen LogP contribution in [-0.2, 0) is 17.3 Å². The molecule has 0 aromatic carbocycles. The molecule has 134 valence electrons. The lowest BCUT2D eigenvalue weighted by Gasteiger charge is -2.22. The van der Waals surface area contributed by atoms with Gasteiger partial charge >= 0.3 is 0 Å². The van der Waals surface area contributed by atoms with Crippen LogP contribution >= 0.6 is 51.2 Å². The van der Waals surface area contributed by atoms with E-state index in [1.54, 1.807) is 11.3 Å². The first-order valence-corrected chi connectivity index (χ1v) is 10.3. The number of rotatable bonds is 6. The van der Waals surface area contributed by atoms with Gasteiger partial charge in [0.05, 0.1) is 16.9 Å². The van der Waals surface area contributed by atoms with Gasteiger partial charge in [0.15, 0.2) is 5.96 Å². The van der Waals surface area contributed by atoms with E-state index in [1.807, 2.05) is 27.8 Å². The Labute approximate surface area is 172 Å². The van der Waals surface area contributed by atoms with E-state index in [0.717, 1.165) is 22.8 Å². The highest BCUT2D eigenvalue weighted by molar-refractivity contribution is 14.0. The molecule has 1 aromatic rings. The van der Waals surface area contributed by atoms with Crippen LogP contribution in [0.3, 0.4) is 0 Å². The molecule has 1 atom stereocenters. The largest absolute Gasteiger partial charge is 0.357 e. The van der Waals surface area contributed by atoms with Crippen LogP contribution in [0, 0.1) is 0 Å². The monoisotopic (exact) mass is 535 g/mol. The quantitative estimate of drug-likeness (QED) is 0.339. The van der Waals surface area contributed by atoms with Crippen LogP contribution < -0.4 is 5.32 Å². The van der Waals surface area contributed by atoms with Crippen molar-refractivity contribution in [2.45, 2.75) is 39.0 Å². The van der Waals surface area contributed by atoms with Crippen molar-refractivity contribution in [2.75, 3.05) is 25.9 Å². The SMILES string of the molecule is CCNC(=NCCS(=O)C(C)(C)C)N(C)Cc1ccc(Br)s1.I. The van der Waals surface area contributed by atoms with Crippen molar-refractivity contribution in [2.24, 2.45) is 4.99 Å². The Balaban J connectivity index is 0.00000484. The minimum atomic E-state index is -0.863. The van der Waals surface area contributed by atoms with E-state index >= 15 is 0 Å². The van der Waals surface area contributed by atoms with Crippen LogP contribution in [0.4, 0.5) is 0 Å². The molecule has 0 aliphatic rings. The third-order valence-corrected chi connectivity index (χ3v) is 6.47. The van der Waals surface area contributed by atoms with E-state index in [9.17, 15) is 4.21 Å². The minimum absolute atomic E-state index is 0. The molecule has 0 spiro atoms. The minimum Gasteiger partial charge on any atom is -0.357 e. The van der Waals surface area contributed by atoms with Crippen LogP contribution in [0.2, 0.25) is 0 Å². The number of aliphatic imine (C=N–C) groups is 1. The Bertz CT molecular complexity index is 529. The standard InChI is InChI=1S/C15H26BrN3OS2.HI/c1-6-17-14(18-9-10-22(20)15(2,3)4)19(5)11-12-7-8-13(16)21-12;/h7-8H,6,9-11H2,1-5H3,(H,17,18);1H. The molecule has 0 fully saturated rings. The highest BCUT2D eigenvalue weighted by Gasteiger charge is 2.18.